The second-order valence-electron chi connectivity index (χ2n) is 18.8. The summed E-state index contributed by atoms with van der Waals surface area (Å²) in [5, 5.41) is 13.9. The van der Waals surface area contributed by atoms with E-state index in [0.29, 0.717) is 143 Å². The molecule has 3 atom stereocenters. The third kappa shape index (κ3) is 32.1. The molecule has 0 saturated heterocycles. The molecule has 0 aliphatic heterocycles. The normalized spacial score (nSPS) is 12.4. The number of guanidine groups is 3. The lowest BCUT2D eigenvalue weighted by Gasteiger charge is -2.23. The quantitative estimate of drug-likeness (QED) is 0.0213. The number of hydrogen-bond donors (Lipinski definition) is 15. The standard InChI is InChI=1S/C50H90ClN21O6/c51-41-43(56)70-42(55)40(69-41)47(77)71-50(61)68-27-8-3-14-34-19-21-35(22-20-34)78-33-32-72(30-12-28-64-45(75)37(53)15-4-9-23-62-39(73)18-2-1-7-25-66-48(57)58)31-13-29-65-46(76)38(54)16-5-10-24-63-44(74)36(52)17-6-11-26-67-49(59)60/h19-22,36-38H,1-18,23-33,52-54H2,(H,62,73)(H,63,74)(H,64,75)(H,65,76)(H4,55,56,70)(H4,57,58,66)(H4,59,60,67)(H3,61,68,71,77)/t36-,37-,38-/m0/s1. The number of benzene rings is 1. The van der Waals surface area contributed by atoms with E-state index in [2.05, 4.69) is 56.4 Å². The molecule has 1 aromatic carbocycles. The van der Waals surface area contributed by atoms with Crippen LogP contribution in [0.2, 0.25) is 5.15 Å². The van der Waals surface area contributed by atoms with Crippen LogP contribution in [0, 0.1) is 0 Å². The highest BCUT2D eigenvalue weighted by Gasteiger charge is 2.18. The van der Waals surface area contributed by atoms with Crippen molar-refractivity contribution in [1.29, 1.82) is 0 Å². The van der Waals surface area contributed by atoms with E-state index in [1.165, 1.54) is 0 Å². The Morgan fingerprint density at radius 1 is 0.564 bits per heavy atom. The molecule has 27 nitrogen and oxygen atoms in total. The number of carbonyl (C=O) groups excluding carboxylic acids is 5. The maximum Gasteiger partial charge on any atom is 0.280 e. The Labute approximate surface area is 463 Å². The summed E-state index contributed by atoms with van der Waals surface area (Å²) in [5.41, 5.74) is 57.8. The number of anilines is 2. The van der Waals surface area contributed by atoms with Crippen molar-refractivity contribution in [2.24, 2.45) is 60.8 Å². The molecule has 0 aliphatic carbocycles. The third-order valence-corrected chi connectivity index (χ3v) is 12.4. The molecule has 0 spiro atoms. The van der Waals surface area contributed by atoms with Crippen LogP contribution in [0.4, 0.5) is 11.6 Å². The van der Waals surface area contributed by atoms with Crippen molar-refractivity contribution in [2.75, 3.05) is 83.5 Å². The van der Waals surface area contributed by atoms with E-state index in [1.54, 1.807) is 0 Å². The summed E-state index contributed by atoms with van der Waals surface area (Å²) < 4.78 is 6.13. The number of aromatic nitrogens is 2. The number of rotatable bonds is 42. The van der Waals surface area contributed by atoms with Crippen LogP contribution in [-0.2, 0) is 25.6 Å². The summed E-state index contributed by atoms with van der Waals surface area (Å²) >= 11 is 5.86. The highest BCUT2D eigenvalue weighted by molar-refractivity contribution is 6.31. The van der Waals surface area contributed by atoms with Crippen molar-refractivity contribution in [3.8, 4) is 5.75 Å². The van der Waals surface area contributed by atoms with Gasteiger partial charge in [-0.2, -0.15) is 0 Å². The number of ether oxygens (including phenoxy) is 1. The average molecular weight is 1120 g/mol. The fourth-order valence-electron chi connectivity index (χ4n) is 7.63. The zero-order chi connectivity index (χ0) is 57.5. The lowest BCUT2D eigenvalue weighted by molar-refractivity contribution is -0.123. The van der Waals surface area contributed by atoms with E-state index in [9.17, 15) is 24.0 Å². The van der Waals surface area contributed by atoms with E-state index in [0.717, 1.165) is 56.3 Å². The van der Waals surface area contributed by atoms with E-state index in [4.69, 9.17) is 73.7 Å². The maximum absolute atomic E-state index is 12.8. The molecule has 5 amide bonds. The van der Waals surface area contributed by atoms with Crippen molar-refractivity contribution < 1.29 is 28.7 Å². The molecule has 2 rings (SSSR count). The molecule has 1 aromatic heterocycles. The number of nitrogens with two attached hydrogens (primary N) is 10. The fourth-order valence-corrected chi connectivity index (χ4v) is 7.76. The first-order chi connectivity index (χ1) is 37.4. The lowest BCUT2D eigenvalue weighted by Crippen LogP contribution is -2.42. The highest BCUT2D eigenvalue weighted by Crippen LogP contribution is 2.18. The van der Waals surface area contributed by atoms with Crippen LogP contribution in [0.25, 0.3) is 0 Å². The molecule has 0 saturated carbocycles. The second-order valence-corrected chi connectivity index (χ2v) is 19.2. The van der Waals surface area contributed by atoms with Gasteiger partial charge in [-0.1, -0.05) is 30.2 Å². The predicted molar refractivity (Wildman–Crippen MR) is 308 cm³/mol. The Kier molecular flexibility index (Phi) is 34.9. The first-order valence-electron chi connectivity index (χ1n) is 27.0. The Hall–Kier alpha value is -6.81. The number of hydrogen-bond acceptors (Lipinski definition) is 17. The molecule has 78 heavy (non-hydrogen) atoms. The highest BCUT2D eigenvalue weighted by atomic mass is 35.5. The van der Waals surface area contributed by atoms with Crippen LogP contribution in [0.1, 0.15) is 125 Å². The summed E-state index contributed by atoms with van der Waals surface area (Å²) in [7, 11) is 0. The smallest absolute Gasteiger partial charge is 0.280 e. The number of aliphatic imine (C=N–C) groups is 3. The van der Waals surface area contributed by atoms with Crippen LogP contribution in [0.15, 0.2) is 39.2 Å². The third-order valence-electron chi connectivity index (χ3n) is 12.1. The van der Waals surface area contributed by atoms with Crippen molar-refractivity contribution in [1.82, 2.24) is 41.5 Å². The van der Waals surface area contributed by atoms with Crippen molar-refractivity contribution in [3.05, 3.63) is 40.7 Å². The van der Waals surface area contributed by atoms with Crippen LogP contribution in [-0.4, -0.2) is 152 Å². The number of nitrogens with zero attached hydrogens (tertiary/aromatic N) is 6. The SMILES string of the molecule is NC(N)=NCCCCCC(=O)NCCCC[C@H](N)C(=O)NCCCN(CCCNC(=O)[C@@H](N)CCCCNC(=O)[C@@H](N)CCCCN=C(N)N)CCOc1ccc(CCCCN=C(N)NC(=O)c2nc(Cl)c(N)nc2N)cc1. The maximum atomic E-state index is 12.8. The second kappa shape index (κ2) is 40.4. The Balaban J connectivity index is 1.78. The average Bonchev–Trinajstić information content (AvgIpc) is 3.40. The summed E-state index contributed by atoms with van der Waals surface area (Å²) in [6, 6.07) is 5.90. The zero-order valence-corrected chi connectivity index (χ0v) is 46.1. The number of unbranched alkanes of at least 4 members (excludes halogenated alkanes) is 6. The largest absolute Gasteiger partial charge is 0.492 e. The van der Waals surface area contributed by atoms with Crippen LogP contribution < -0.4 is 88.7 Å². The monoisotopic (exact) mass is 1120 g/mol. The number of carbonyl (C=O) groups is 5. The molecule has 0 fully saturated rings. The number of aryl methyl sites for hydroxylation is 1. The number of halogens is 1. The van der Waals surface area contributed by atoms with E-state index in [1.807, 2.05) is 24.3 Å². The van der Waals surface area contributed by atoms with Crippen LogP contribution in [0.5, 0.6) is 5.75 Å². The van der Waals surface area contributed by atoms with Gasteiger partial charge in [-0.15, -0.1) is 0 Å². The molecule has 28 heteroatoms. The minimum Gasteiger partial charge on any atom is -0.492 e. The molecular weight excluding hydrogens is 1030 g/mol. The molecule has 0 aliphatic rings. The van der Waals surface area contributed by atoms with Gasteiger partial charge in [-0.05, 0) is 134 Å². The van der Waals surface area contributed by atoms with Crippen molar-refractivity contribution >= 4 is 70.7 Å². The van der Waals surface area contributed by atoms with Crippen LogP contribution >= 0.6 is 11.6 Å². The Bertz CT molecular complexity index is 2180. The van der Waals surface area contributed by atoms with Crippen LogP contribution in [0.3, 0.4) is 0 Å². The minimum absolute atomic E-state index is 0.00781. The molecule has 1 heterocycles. The van der Waals surface area contributed by atoms with Crippen molar-refractivity contribution in [2.45, 2.75) is 134 Å². The zero-order valence-electron chi connectivity index (χ0n) is 45.3. The Morgan fingerprint density at radius 2 is 1.05 bits per heavy atom. The number of nitrogen functional groups attached to an aromatic ring is 2. The molecule has 25 N–H and O–H groups in total. The minimum atomic E-state index is -0.703. The summed E-state index contributed by atoms with van der Waals surface area (Å²) in [6.45, 7) is 5.54. The van der Waals surface area contributed by atoms with E-state index < -0.39 is 24.0 Å². The van der Waals surface area contributed by atoms with Gasteiger partial charge in [0, 0.05) is 58.8 Å². The summed E-state index contributed by atoms with van der Waals surface area (Å²) in [4.78, 5) is 84.5. The lowest BCUT2D eigenvalue weighted by atomic mass is 10.1. The van der Waals surface area contributed by atoms with E-state index in [-0.39, 0.29) is 64.0 Å². The predicted octanol–water partition coefficient (Wildman–Crippen LogP) is -1.11. The number of nitrogens with one attached hydrogen (secondary N) is 5. The molecule has 0 bridgehead atoms. The van der Waals surface area contributed by atoms with Gasteiger partial charge in [-0.3, -0.25) is 49.2 Å². The topological polar surface area (TPSA) is 481 Å². The first kappa shape index (κ1) is 67.3. The van der Waals surface area contributed by atoms with Gasteiger partial charge in [0.1, 0.15) is 12.4 Å². The van der Waals surface area contributed by atoms with Gasteiger partial charge in [0.25, 0.3) is 5.91 Å². The van der Waals surface area contributed by atoms with Gasteiger partial charge in [0.2, 0.25) is 23.6 Å². The molecule has 0 radical (unpaired) electrons. The molecular formula is C50H90ClN21O6. The van der Waals surface area contributed by atoms with Crippen molar-refractivity contribution in [3.63, 3.8) is 0 Å². The first-order valence-corrected chi connectivity index (χ1v) is 27.3. The van der Waals surface area contributed by atoms with Gasteiger partial charge >= 0.3 is 0 Å². The van der Waals surface area contributed by atoms with E-state index >= 15 is 0 Å². The van der Waals surface area contributed by atoms with Gasteiger partial charge in [0.05, 0.1) is 18.1 Å². The molecule has 2 aromatic rings. The van der Waals surface area contributed by atoms with Gasteiger partial charge in [-0.25, -0.2) is 9.97 Å². The summed E-state index contributed by atoms with van der Waals surface area (Å²) in [5.74, 6) is -0.937. The van der Waals surface area contributed by atoms with Gasteiger partial charge < -0.3 is 83.3 Å². The molecule has 0 unspecified atom stereocenters. The fraction of sp³-hybridized carbons (Fsp3) is 0.640. The van der Waals surface area contributed by atoms with Gasteiger partial charge in [0.15, 0.2) is 40.4 Å². The summed E-state index contributed by atoms with van der Waals surface area (Å²) in [6.07, 6.45) is 12.2. The Morgan fingerprint density at radius 3 is 1.60 bits per heavy atom. The molecule has 438 valence electrons. The number of amides is 5.